The molecule has 8 heteroatoms. The Labute approximate surface area is 213 Å². The first kappa shape index (κ1) is 23.1. The Hall–Kier alpha value is -4.33. The van der Waals surface area contributed by atoms with Crippen LogP contribution < -0.4 is 9.47 Å². The maximum absolute atomic E-state index is 14.4. The molecule has 7 nitrogen and oxygen atoms in total. The van der Waals surface area contributed by atoms with Gasteiger partial charge in [-0.15, -0.1) is 0 Å². The summed E-state index contributed by atoms with van der Waals surface area (Å²) in [7, 11) is 3.14. The number of ether oxygens (including phenoxy) is 2. The summed E-state index contributed by atoms with van der Waals surface area (Å²) >= 11 is 0. The van der Waals surface area contributed by atoms with E-state index in [0.717, 1.165) is 27.7 Å². The summed E-state index contributed by atoms with van der Waals surface area (Å²) in [5.41, 5.74) is 4.02. The SMILES string of the molecule is COc1ccc(C2c3[nH]c4ccccc4c3C[C@H]3C(=O)N(Cc4ccccc4F)CC(=O)N23)cc1OC. The van der Waals surface area contributed by atoms with E-state index < -0.39 is 17.9 Å². The van der Waals surface area contributed by atoms with Crippen LogP contribution in [0.4, 0.5) is 4.39 Å². The topological polar surface area (TPSA) is 74.9 Å². The summed E-state index contributed by atoms with van der Waals surface area (Å²) in [6.45, 7) is -0.0770. The number of halogens is 1. The van der Waals surface area contributed by atoms with Gasteiger partial charge in [0.1, 0.15) is 18.4 Å². The fraction of sp³-hybridized carbons (Fsp3) is 0.241. The normalized spacial score (nSPS) is 19.1. The first-order chi connectivity index (χ1) is 18.0. The lowest BCUT2D eigenvalue weighted by molar-refractivity contribution is -0.159. The van der Waals surface area contributed by atoms with Crippen LogP contribution in [0.15, 0.2) is 66.7 Å². The molecule has 2 aliphatic heterocycles. The number of hydrogen-bond acceptors (Lipinski definition) is 4. The van der Waals surface area contributed by atoms with Crippen molar-refractivity contribution in [1.29, 1.82) is 0 Å². The number of benzene rings is 3. The van der Waals surface area contributed by atoms with Crippen molar-refractivity contribution < 1.29 is 23.5 Å². The zero-order valence-electron chi connectivity index (χ0n) is 20.5. The van der Waals surface area contributed by atoms with Crippen LogP contribution in [0.3, 0.4) is 0 Å². The van der Waals surface area contributed by atoms with E-state index in [1.165, 1.54) is 11.0 Å². The molecule has 2 atom stereocenters. The van der Waals surface area contributed by atoms with E-state index >= 15 is 0 Å². The Morgan fingerprint density at radius 3 is 2.51 bits per heavy atom. The minimum Gasteiger partial charge on any atom is -0.493 e. The second-order valence-electron chi connectivity index (χ2n) is 9.39. The lowest BCUT2D eigenvalue weighted by Crippen LogP contribution is -2.62. The molecular formula is C29H26FN3O4. The lowest BCUT2D eigenvalue weighted by atomic mass is 9.86. The Morgan fingerprint density at radius 2 is 1.73 bits per heavy atom. The third kappa shape index (κ3) is 3.71. The predicted molar refractivity (Wildman–Crippen MR) is 136 cm³/mol. The molecule has 37 heavy (non-hydrogen) atoms. The van der Waals surface area contributed by atoms with Gasteiger partial charge >= 0.3 is 0 Å². The first-order valence-electron chi connectivity index (χ1n) is 12.1. The number of nitrogens with zero attached hydrogens (tertiary/aromatic N) is 2. The number of carbonyl (C=O) groups excluding carboxylic acids is 2. The van der Waals surface area contributed by atoms with Crippen molar-refractivity contribution in [2.75, 3.05) is 20.8 Å². The average molecular weight is 500 g/mol. The Balaban J connectivity index is 1.47. The summed E-state index contributed by atoms with van der Waals surface area (Å²) in [6.07, 6.45) is 0.376. The molecule has 2 aliphatic rings. The van der Waals surface area contributed by atoms with Gasteiger partial charge < -0.3 is 24.3 Å². The fourth-order valence-electron chi connectivity index (χ4n) is 5.66. The zero-order chi connectivity index (χ0) is 25.7. The van der Waals surface area contributed by atoms with E-state index in [1.807, 2.05) is 36.4 Å². The summed E-state index contributed by atoms with van der Waals surface area (Å²) < 4.78 is 25.3. The van der Waals surface area contributed by atoms with Crippen molar-refractivity contribution in [3.8, 4) is 11.5 Å². The number of carbonyl (C=O) groups is 2. The highest BCUT2D eigenvalue weighted by Crippen LogP contribution is 2.44. The van der Waals surface area contributed by atoms with Crippen molar-refractivity contribution in [1.82, 2.24) is 14.8 Å². The second-order valence-corrected chi connectivity index (χ2v) is 9.39. The number of H-pyrrole nitrogens is 1. The van der Waals surface area contributed by atoms with Gasteiger partial charge in [0.15, 0.2) is 11.5 Å². The number of aromatic nitrogens is 1. The van der Waals surface area contributed by atoms with Gasteiger partial charge in [-0.3, -0.25) is 9.59 Å². The van der Waals surface area contributed by atoms with Gasteiger partial charge in [-0.2, -0.15) is 0 Å². The van der Waals surface area contributed by atoms with Gasteiger partial charge in [0, 0.05) is 35.1 Å². The smallest absolute Gasteiger partial charge is 0.246 e. The molecule has 0 aliphatic carbocycles. The van der Waals surface area contributed by atoms with Gasteiger partial charge in [0.2, 0.25) is 11.8 Å². The standard InChI is InChI=1S/C29H26FN3O4/c1-36-24-12-11-17(13-25(24)37-2)28-27-20(19-8-4-6-10-22(19)31-27)14-23-29(35)32(16-26(34)33(23)28)15-18-7-3-5-9-21(18)30/h3-13,23,28,31H,14-16H2,1-2H3/t23-,28?/m0/s1. The fourth-order valence-corrected chi connectivity index (χ4v) is 5.66. The van der Waals surface area contributed by atoms with E-state index in [0.29, 0.717) is 23.5 Å². The van der Waals surface area contributed by atoms with E-state index in [9.17, 15) is 14.0 Å². The van der Waals surface area contributed by atoms with Crippen molar-refractivity contribution in [2.24, 2.45) is 0 Å². The van der Waals surface area contributed by atoms with Gasteiger partial charge in [-0.05, 0) is 35.4 Å². The highest BCUT2D eigenvalue weighted by atomic mass is 19.1. The molecule has 1 unspecified atom stereocenters. The third-order valence-electron chi connectivity index (χ3n) is 7.38. The van der Waals surface area contributed by atoms with E-state index in [2.05, 4.69) is 4.98 Å². The number of piperazine rings is 1. The molecule has 3 heterocycles. The molecule has 0 spiro atoms. The van der Waals surface area contributed by atoms with Crippen molar-refractivity contribution in [2.45, 2.75) is 25.0 Å². The maximum atomic E-state index is 14.4. The van der Waals surface area contributed by atoms with Crippen LogP contribution in [0.25, 0.3) is 10.9 Å². The molecule has 1 saturated heterocycles. The number of aromatic amines is 1. The van der Waals surface area contributed by atoms with Crippen LogP contribution in [-0.2, 0) is 22.6 Å². The maximum Gasteiger partial charge on any atom is 0.246 e. The summed E-state index contributed by atoms with van der Waals surface area (Å²) in [5.74, 6) is 0.342. The van der Waals surface area contributed by atoms with Gasteiger partial charge in [0.05, 0.1) is 20.3 Å². The first-order valence-corrected chi connectivity index (χ1v) is 12.1. The highest BCUT2D eigenvalue weighted by Gasteiger charge is 2.48. The number of rotatable bonds is 5. The Bertz CT molecular complexity index is 1530. The zero-order valence-corrected chi connectivity index (χ0v) is 20.5. The molecule has 6 rings (SSSR count). The van der Waals surface area contributed by atoms with Crippen molar-refractivity contribution in [3.05, 3.63) is 94.9 Å². The van der Waals surface area contributed by atoms with Gasteiger partial charge in [0.25, 0.3) is 0 Å². The number of amides is 2. The molecule has 188 valence electrons. The molecule has 3 aromatic carbocycles. The summed E-state index contributed by atoms with van der Waals surface area (Å²) in [4.78, 5) is 34.2. The molecule has 0 saturated carbocycles. The van der Waals surface area contributed by atoms with E-state index in [4.69, 9.17) is 9.47 Å². The van der Waals surface area contributed by atoms with Crippen molar-refractivity contribution >= 4 is 22.7 Å². The molecule has 0 radical (unpaired) electrons. The van der Waals surface area contributed by atoms with Crippen LogP contribution in [0, 0.1) is 5.82 Å². The van der Waals surface area contributed by atoms with Crippen LogP contribution in [0.2, 0.25) is 0 Å². The Morgan fingerprint density at radius 1 is 0.973 bits per heavy atom. The second kappa shape index (κ2) is 8.96. The largest absolute Gasteiger partial charge is 0.493 e. The van der Waals surface area contributed by atoms with Crippen LogP contribution in [0.5, 0.6) is 11.5 Å². The molecule has 0 bridgehead atoms. The Kier molecular flexibility index (Phi) is 5.59. The minimum atomic E-state index is -0.710. The minimum absolute atomic E-state index is 0.0450. The summed E-state index contributed by atoms with van der Waals surface area (Å²) in [5, 5.41) is 1.02. The average Bonchev–Trinajstić information content (AvgIpc) is 3.29. The number of methoxy groups -OCH3 is 2. The van der Waals surface area contributed by atoms with E-state index in [1.54, 1.807) is 43.4 Å². The van der Waals surface area contributed by atoms with Crippen LogP contribution in [-0.4, -0.2) is 53.4 Å². The van der Waals surface area contributed by atoms with Gasteiger partial charge in [-0.1, -0.05) is 42.5 Å². The predicted octanol–water partition coefficient (Wildman–Crippen LogP) is 4.21. The molecule has 4 aromatic rings. The number of hydrogen-bond donors (Lipinski definition) is 1. The van der Waals surface area contributed by atoms with Crippen LogP contribution >= 0.6 is 0 Å². The molecule has 1 fully saturated rings. The summed E-state index contributed by atoms with van der Waals surface area (Å²) in [6, 6.07) is 18.6. The van der Waals surface area contributed by atoms with Crippen molar-refractivity contribution in [3.63, 3.8) is 0 Å². The van der Waals surface area contributed by atoms with E-state index in [-0.39, 0.29) is 24.9 Å². The van der Waals surface area contributed by atoms with Gasteiger partial charge in [-0.25, -0.2) is 4.39 Å². The number of nitrogens with one attached hydrogen (secondary N) is 1. The van der Waals surface area contributed by atoms with Crippen LogP contribution in [0.1, 0.15) is 28.4 Å². The third-order valence-corrected chi connectivity index (χ3v) is 7.38. The monoisotopic (exact) mass is 499 g/mol. The highest BCUT2D eigenvalue weighted by molar-refractivity contribution is 5.97. The molecule has 2 amide bonds. The number of para-hydroxylation sites is 1. The number of fused-ring (bicyclic) bond motifs is 4. The molecule has 1 N–H and O–H groups in total. The molecule has 1 aromatic heterocycles. The lowest BCUT2D eigenvalue weighted by Gasteiger charge is -2.47. The quantitative estimate of drug-likeness (QED) is 0.447. The molecular weight excluding hydrogens is 473 g/mol.